The number of hydrogen-bond acceptors (Lipinski definition) is 5. The zero-order valence-corrected chi connectivity index (χ0v) is 14.4. The number of benzene rings is 1. The first-order valence-corrected chi connectivity index (χ1v) is 8.61. The highest BCUT2D eigenvalue weighted by molar-refractivity contribution is 7.89. The van der Waals surface area contributed by atoms with Crippen molar-refractivity contribution in [2.75, 3.05) is 13.7 Å². The maximum absolute atomic E-state index is 12.4. The largest absolute Gasteiger partial charge is 0.427 e. The molecule has 0 saturated heterocycles. The first-order valence-electron chi connectivity index (χ1n) is 7.13. The van der Waals surface area contributed by atoms with Crippen molar-refractivity contribution < 1.29 is 18.2 Å². The van der Waals surface area contributed by atoms with Crippen molar-refractivity contribution in [3.8, 4) is 0 Å². The molecule has 0 bridgehead atoms. The van der Waals surface area contributed by atoms with Gasteiger partial charge in [-0.1, -0.05) is 39.0 Å². The highest BCUT2D eigenvalue weighted by Gasteiger charge is 2.27. The van der Waals surface area contributed by atoms with Crippen molar-refractivity contribution in [2.45, 2.75) is 38.3 Å². The summed E-state index contributed by atoms with van der Waals surface area (Å²) in [5.74, 6) is 0. The molecule has 0 saturated carbocycles. The molecular formula is C14H25BN2O4S. The Balaban J connectivity index is 2.87. The Morgan fingerprint density at radius 2 is 1.95 bits per heavy atom. The molecular weight excluding hydrogens is 303 g/mol. The van der Waals surface area contributed by atoms with E-state index in [1.165, 1.54) is 6.07 Å². The van der Waals surface area contributed by atoms with E-state index in [9.17, 15) is 13.5 Å². The van der Waals surface area contributed by atoms with Crippen LogP contribution in [0.3, 0.4) is 0 Å². The second-order valence-corrected chi connectivity index (χ2v) is 7.91. The van der Waals surface area contributed by atoms with Crippen molar-refractivity contribution in [3.63, 3.8) is 0 Å². The molecule has 0 amide bonds. The van der Waals surface area contributed by atoms with Gasteiger partial charge in [0.2, 0.25) is 10.0 Å². The lowest BCUT2D eigenvalue weighted by atomic mass is 9.85. The molecule has 1 aromatic carbocycles. The molecule has 0 fully saturated rings. The van der Waals surface area contributed by atoms with Crippen LogP contribution in [-0.4, -0.2) is 40.8 Å². The van der Waals surface area contributed by atoms with Gasteiger partial charge in [0.05, 0.1) is 11.5 Å². The van der Waals surface area contributed by atoms with E-state index in [1.54, 1.807) is 25.3 Å². The van der Waals surface area contributed by atoms with E-state index < -0.39 is 10.0 Å². The number of aliphatic hydroxyl groups excluding tert-OH is 1. The highest BCUT2D eigenvalue weighted by atomic mass is 32.2. The molecule has 0 aliphatic heterocycles. The minimum Gasteiger partial charge on any atom is -0.427 e. The van der Waals surface area contributed by atoms with E-state index in [2.05, 4.69) is 9.95 Å². The highest BCUT2D eigenvalue weighted by Crippen LogP contribution is 2.20. The molecule has 0 heterocycles. The summed E-state index contributed by atoms with van der Waals surface area (Å²) in [5.41, 5.74) is 0.240. The molecule has 0 radical (unpaired) electrons. The van der Waals surface area contributed by atoms with Gasteiger partial charge in [-0.15, -0.1) is 0 Å². The summed E-state index contributed by atoms with van der Waals surface area (Å²) in [4.78, 5) is 0.108. The summed E-state index contributed by atoms with van der Waals surface area (Å²) in [6, 6.07) is 6.33. The molecule has 0 aliphatic carbocycles. The second kappa shape index (κ2) is 8.08. The van der Waals surface area contributed by atoms with E-state index in [1.807, 2.05) is 20.8 Å². The standard InChI is InChI=1S/C14H25BN2O4S/c1-14(2,3)13(17-15-21-4)9-16-22(19,20)12-8-6-5-7-11(12)10-18/h5-8,13,15-18H,9-10H2,1-4H3/t13-/m1/s1. The Morgan fingerprint density at radius 3 is 2.50 bits per heavy atom. The molecule has 0 unspecified atom stereocenters. The third-order valence-corrected chi connectivity index (χ3v) is 4.95. The van der Waals surface area contributed by atoms with Crippen LogP contribution in [0.5, 0.6) is 0 Å². The maximum Gasteiger partial charge on any atom is 0.360 e. The van der Waals surface area contributed by atoms with Crippen molar-refractivity contribution >= 4 is 17.6 Å². The van der Waals surface area contributed by atoms with Crippen LogP contribution in [0.2, 0.25) is 0 Å². The van der Waals surface area contributed by atoms with Crippen molar-refractivity contribution in [1.82, 2.24) is 9.95 Å². The normalized spacial score (nSPS) is 13.9. The summed E-state index contributed by atoms with van der Waals surface area (Å²) >= 11 is 0. The number of rotatable bonds is 8. The average Bonchev–Trinajstić information content (AvgIpc) is 2.45. The van der Waals surface area contributed by atoms with Crippen LogP contribution < -0.4 is 9.95 Å². The third kappa shape index (κ3) is 5.37. The molecule has 22 heavy (non-hydrogen) atoms. The van der Waals surface area contributed by atoms with Crippen LogP contribution in [0.4, 0.5) is 0 Å². The fourth-order valence-electron chi connectivity index (χ4n) is 2.04. The summed E-state index contributed by atoms with van der Waals surface area (Å²) in [7, 11) is -1.75. The number of sulfonamides is 1. The van der Waals surface area contributed by atoms with Gasteiger partial charge in [-0.3, -0.25) is 0 Å². The lowest BCUT2D eigenvalue weighted by Crippen LogP contribution is -2.50. The van der Waals surface area contributed by atoms with Gasteiger partial charge in [0, 0.05) is 19.7 Å². The quantitative estimate of drug-likeness (QED) is 0.600. The molecule has 124 valence electrons. The third-order valence-electron chi connectivity index (χ3n) is 3.43. The predicted octanol–water partition coefficient (Wildman–Crippen LogP) is 0.374. The number of nitrogens with one attached hydrogen (secondary N) is 2. The van der Waals surface area contributed by atoms with E-state index >= 15 is 0 Å². The summed E-state index contributed by atoms with van der Waals surface area (Å²) in [6.07, 6.45) is 0. The molecule has 0 spiro atoms. The van der Waals surface area contributed by atoms with Crippen LogP contribution in [0.1, 0.15) is 26.3 Å². The van der Waals surface area contributed by atoms with Gasteiger partial charge in [-0.2, -0.15) is 0 Å². The topological polar surface area (TPSA) is 87.7 Å². The summed E-state index contributed by atoms with van der Waals surface area (Å²) < 4.78 is 32.5. The van der Waals surface area contributed by atoms with E-state index in [4.69, 9.17) is 4.65 Å². The minimum atomic E-state index is -3.67. The molecule has 8 heteroatoms. The van der Waals surface area contributed by atoms with Gasteiger partial charge in [0.25, 0.3) is 0 Å². The Bertz CT molecular complexity index is 572. The van der Waals surface area contributed by atoms with Crippen LogP contribution in [0, 0.1) is 5.41 Å². The van der Waals surface area contributed by atoms with Crippen molar-refractivity contribution in [2.24, 2.45) is 5.41 Å². The molecule has 6 nitrogen and oxygen atoms in total. The smallest absolute Gasteiger partial charge is 0.360 e. The fourth-order valence-corrected chi connectivity index (χ4v) is 3.31. The fraction of sp³-hybridized carbons (Fsp3) is 0.571. The molecule has 0 aliphatic rings. The predicted molar refractivity (Wildman–Crippen MR) is 88.1 cm³/mol. The van der Waals surface area contributed by atoms with Crippen LogP contribution in [-0.2, 0) is 21.3 Å². The van der Waals surface area contributed by atoms with Crippen LogP contribution in [0.15, 0.2) is 29.2 Å². The van der Waals surface area contributed by atoms with Crippen molar-refractivity contribution in [3.05, 3.63) is 29.8 Å². The Labute approximate surface area is 133 Å². The minimum absolute atomic E-state index is 0.0940. The van der Waals surface area contributed by atoms with Crippen molar-refractivity contribution in [1.29, 1.82) is 0 Å². The van der Waals surface area contributed by atoms with Gasteiger partial charge in [0.15, 0.2) is 0 Å². The maximum atomic E-state index is 12.4. The molecule has 1 aromatic rings. The number of aliphatic hydroxyl groups is 1. The van der Waals surface area contributed by atoms with Gasteiger partial charge >= 0.3 is 7.62 Å². The van der Waals surface area contributed by atoms with E-state index in [-0.39, 0.29) is 29.5 Å². The molecule has 0 aromatic heterocycles. The van der Waals surface area contributed by atoms with Crippen LogP contribution in [0.25, 0.3) is 0 Å². The Morgan fingerprint density at radius 1 is 1.32 bits per heavy atom. The first-order chi connectivity index (χ1) is 10.2. The molecule has 3 N–H and O–H groups in total. The van der Waals surface area contributed by atoms with Gasteiger partial charge in [-0.05, 0) is 17.0 Å². The average molecular weight is 328 g/mol. The zero-order chi connectivity index (χ0) is 16.8. The molecule has 1 rings (SSSR count). The number of hydrogen-bond donors (Lipinski definition) is 3. The lowest BCUT2D eigenvalue weighted by Gasteiger charge is -2.31. The first kappa shape index (κ1) is 19.1. The second-order valence-electron chi connectivity index (χ2n) is 6.17. The van der Waals surface area contributed by atoms with Crippen LogP contribution >= 0.6 is 0 Å². The summed E-state index contributed by atoms with van der Waals surface area (Å²) in [6.45, 7) is 5.99. The lowest BCUT2D eigenvalue weighted by molar-refractivity contribution is 0.278. The molecule has 1 atom stereocenters. The SMILES string of the molecule is COBN[C@H](CNS(=O)(=O)c1ccccc1CO)C(C)(C)C. The monoisotopic (exact) mass is 328 g/mol. The van der Waals surface area contributed by atoms with Gasteiger partial charge < -0.3 is 15.0 Å². The van der Waals surface area contributed by atoms with Gasteiger partial charge in [-0.25, -0.2) is 13.1 Å². The Hall–Kier alpha value is -0.925. The summed E-state index contributed by atoms with van der Waals surface area (Å²) in [5, 5.41) is 12.4. The van der Waals surface area contributed by atoms with E-state index in [0.29, 0.717) is 13.2 Å². The van der Waals surface area contributed by atoms with Gasteiger partial charge in [0.1, 0.15) is 0 Å². The Kier molecular flexibility index (Phi) is 7.02. The zero-order valence-electron chi connectivity index (χ0n) is 13.6. The van der Waals surface area contributed by atoms with E-state index in [0.717, 1.165) is 0 Å².